The number of allylic oxidation sites excluding steroid dienone is 1. The molecule has 0 spiro atoms. The molecule has 0 bridgehead atoms. The van der Waals surface area contributed by atoms with Crippen LogP contribution in [0.4, 0.5) is 4.79 Å². The van der Waals surface area contributed by atoms with Crippen molar-refractivity contribution in [1.29, 1.82) is 0 Å². The highest BCUT2D eigenvalue weighted by atomic mass is 16.8. The Balaban J connectivity index is 1.31. The van der Waals surface area contributed by atoms with Gasteiger partial charge >= 0.3 is 12.1 Å². The van der Waals surface area contributed by atoms with Crippen LogP contribution in [0.3, 0.4) is 0 Å². The normalized spacial score (nSPS) is 37.1. The Morgan fingerprint density at radius 2 is 1.76 bits per heavy atom. The molecule has 0 aromatic heterocycles. The molecule has 0 saturated heterocycles. The molecule has 0 amide bonds. The van der Waals surface area contributed by atoms with Crippen molar-refractivity contribution in [3.63, 3.8) is 0 Å². The zero-order valence-corrected chi connectivity index (χ0v) is 21.6. The van der Waals surface area contributed by atoms with E-state index < -0.39 is 12.9 Å². The molecule has 0 N–H and O–H groups in total. The summed E-state index contributed by atoms with van der Waals surface area (Å²) in [6, 6.07) is 0. The fourth-order valence-electron chi connectivity index (χ4n) is 7.50. The predicted molar refractivity (Wildman–Crippen MR) is 127 cm³/mol. The molecule has 0 aromatic carbocycles. The lowest BCUT2D eigenvalue weighted by Crippen LogP contribution is -2.51. The van der Waals surface area contributed by atoms with E-state index in [-0.39, 0.29) is 29.3 Å². The molecule has 7 heteroatoms. The maximum Gasteiger partial charge on any atom is 0.511 e. The van der Waals surface area contributed by atoms with Crippen LogP contribution in [0.25, 0.3) is 0 Å². The lowest BCUT2D eigenvalue weighted by atomic mass is 9.47. The van der Waals surface area contributed by atoms with Gasteiger partial charge in [-0.1, -0.05) is 19.4 Å². The molecule has 0 unspecified atom stereocenters. The van der Waals surface area contributed by atoms with Gasteiger partial charge < -0.3 is 18.7 Å². The fourth-order valence-corrected chi connectivity index (χ4v) is 7.50. The van der Waals surface area contributed by atoms with Gasteiger partial charge in [-0.3, -0.25) is 9.59 Å². The Labute approximate surface area is 203 Å². The maximum absolute atomic E-state index is 12.4. The first-order chi connectivity index (χ1) is 15.9. The molecule has 6 atom stereocenters. The molecule has 4 aliphatic rings. The summed E-state index contributed by atoms with van der Waals surface area (Å²) in [5.41, 5.74) is 1.47. The third-order valence-electron chi connectivity index (χ3n) is 9.50. The smallest absolute Gasteiger partial charge is 0.430 e. The third-order valence-corrected chi connectivity index (χ3v) is 9.50. The van der Waals surface area contributed by atoms with Crippen LogP contribution < -0.4 is 0 Å². The van der Waals surface area contributed by atoms with Crippen LogP contribution in [-0.2, 0) is 23.8 Å². The summed E-state index contributed by atoms with van der Waals surface area (Å²) in [5.74, 6) is 1.65. The first-order valence-electron chi connectivity index (χ1n) is 13.0. The number of hydrogen-bond donors (Lipinski definition) is 0. The largest absolute Gasteiger partial charge is 0.511 e. The van der Waals surface area contributed by atoms with Crippen LogP contribution in [0.1, 0.15) is 71.6 Å². The minimum absolute atomic E-state index is 0.0520. The monoisotopic (exact) mass is 476 g/mol. The molecule has 0 heterocycles. The van der Waals surface area contributed by atoms with E-state index in [1.165, 1.54) is 5.57 Å². The number of hydrogen-bond acceptors (Lipinski definition) is 6. The zero-order chi connectivity index (χ0) is 24.7. The van der Waals surface area contributed by atoms with E-state index in [0.717, 1.165) is 44.9 Å². The molecule has 0 radical (unpaired) electrons. The standard InChI is InChI=1S/C27H42NO6/c1-26-13-10-19(29)16-18(26)6-7-20-21-8-9-23(27(21,2)14-11-22(20)26)34-25(31)33-17-32-24(30)12-15-28(3,4)5/h16,20-23H,6-15,17H2,1-5H3/q+1/t20-,21-,22-,23-,26-,27-/m0/s1. The molecule has 4 rings (SSSR count). The Morgan fingerprint density at radius 1 is 1.00 bits per heavy atom. The summed E-state index contributed by atoms with van der Waals surface area (Å²) in [7, 11) is 6.01. The third kappa shape index (κ3) is 4.91. The van der Waals surface area contributed by atoms with Crippen LogP contribution in [0.5, 0.6) is 0 Å². The highest BCUT2D eigenvalue weighted by Gasteiger charge is 2.60. The molecule has 34 heavy (non-hydrogen) atoms. The van der Waals surface area contributed by atoms with Gasteiger partial charge in [0.25, 0.3) is 0 Å². The van der Waals surface area contributed by atoms with E-state index in [1.807, 2.05) is 27.2 Å². The lowest BCUT2D eigenvalue weighted by molar-refractivity contribution is -0.869. The van der Waals surface area contributed by atoms with Gasteiger partial charge in [0, 0.05) is 11.8 Å². The summed E-state index contributed by atoms with van der Waals surface area (Å²) < 4.78 is 16.6. The second kappa shape index (κ2) is 9.29. The number of carbonyl (C=O) groups is 3. The highest BCUT2D eigenvalue weighted by molar-refractivity contribution is 5.91. The van der Waals surface area contributed by atoms with Crippen molar-refractivity contribution in [2.45, 2.75) is 77.7 Å². The number of esters is 1. The van der Waals surface area contributed by atoms with Crippen molar-refractivity contribution in [1.82, 2.24) is 0 Å². The van der Waals surface area contributed by atoms with Crippen LogP contribution in [0.15, 0.2) is 11.6 Å². The molecule has 7 nitrogen and oxygen atoms in total. The molecule has 0 aliphatic heterocycles. The Morgan fingerprint density at radius 3 is 2.50 bits per heavy atom. The van der Waals surface area contributed by atoms with Crippen LogP contribution in [0, 0.1) is 28.6 Å². The molecule has 190 valence electrons. The number of fused-ring (bicyclic) bond motifs is 5. The van der Waals surface area contributed by atoms with Crippen LogP contribution in [0.2, 0.25) is 0 Å². The second-order valence-electron chi connectivity index (χ2n) is 12.5. The average Bonchev–Trinajstić information content (AvgIpc) is 3.08. The van der Waals surface area contributed by atoms with E-state index in [9.17, 15) is 14.4 Å². The number of ketones is 1. The van der Waals surface area contributed by atoms with E-state index in [1.54, 1.807) is 0 Å². The molecule has 3 saturated carbocycles. The van der Waals surface area contributed by atoms with Gasteiger partial charge in [0.2, 0.25) is 6.79 Å². The molecular formula is C27H42NO6+. The van der Waals surface area contributed by atoms with Gasteiger partial charge in [0.05, 0.1) is 34.1 Å². The Kier molecular flexibility index (Phi) is 6.89. The number of ether oxygens (including phenoxy) is 3. The quantitative estimate of drug-likeness (QED) is 0.316. The van der Waals surface area contributed by atoms with E-state index in [0.29, 0.717) is 41.0 Å². The van der Waals surface area contributed by atoms with Crippen LogP contribution in [-0.4, -0.2) is 63.0 Å². The molecular weight excluding hydrogens is 434 g/mol. The van der Waals surface area contributed by atoms with Gasteiger partial charge in [0.15, 0.2) is 5.78 Å². The highest BCUT2D eigenvalue weighted by Crippen LogP contribution is 2.65. The number of nitrogens with zero attached hydrogens (tertiary/aromatic N) is 1. The van der Waals surface area contributed by atoms with E-state index in [2.05, 4.69) is 13.8 Å². The predicted octanol–water partition coefficient (Wildman–Crippen LogP) is 4.64. The van der Waals surface area contributed by atoms with Gasteiger partial charge in [-0.05, 0) is 74.2 Å². The molecule has 4 aliphatic carbocycles. The summed E-state index contributed by atoms with van der Waals surface area (Å²) in [6.45, 7) is 4.91. The van der Waals surface area contributed by atoms with Crippen molar-refractivity contribution in [3.05, 3.63) is 11.6 Å². The average molecular weight is 477 g/mol. The van der Waals surface area contributed by atoms with Crippen LogP contribution >= 0.6 is 0 Å². The lowest BCUT2D eigenvalue weighted by Gasteiger charge is -2.57. The topological polar surface area (TPSA) is 78.9 Å². The van der Waals surface area contributed by atoms with E-state index in [4.69, 9.17) is 14.2 Å². The zero-order valence-electron chi connectivity index (χ0n) is 21.6. The molecule has 3 fully saturated rings. The van der Waals surface area contributed by atoms with Crippen molar-refractivity contribution < 1.29 is 33.1 Å². The maximum atomic E-state index is 12.4. The minimum Gasteiger partial charge on any atom is -0.430 e. The van der Waals surface area contributed by atoms with Crippen molar-refractivity contribution in [2.75, 3.05) is 34.5 Å². The van der Waals surface area contributed by atoms with Gasteiger partial charge in [-0.2, -0.15) is 0 Å². The Bertz CT molecular complexity index is 860. The first kappa shape index (κ1) is 25.2. The van der Waals surface area contributed by atoms with E-state index >= 15 is 0 Å². The van der Waals surface area contributed by atoms with Crippen molar-refractivity contribution >= 4 is 17.9 Å². The minimum atomic E-state index is -0.750. The summed E-state index contributed by atoms with van der Waals surface area (Å²) in [4.78, 5) is 36.3. The van der Waals surface area contributed by atoms with Gasteiger partial charge in [0.1, 0.15) is 6.10 Å². The van der Waals surface area contributed by atoms with Crippen molar-refractivity contribution in [2.24, 2.45) is 28.6 Å². The SMILES string of the molecule is C[C@]12CC[C@H]3[C@@H](CCC4=CC(=O)CC[C@@]43C)[C@@H]1CC[C@@H]2OC(=O)OCOC(=O)CC[N+](C)(C)C. The number of quaternary nitrogens is 1. The Hall–Kier alpha value is -1.89. The summed E-state index contributed by atoms with van der Waals surface area (Å²) in [6.07, 6.45) is 9.12. The fraction of sp³-hybridized carbons (Fsp3) is 0.815. The molecule has 0 aromatic rings. The summed E-state index contributed by atoms with van der Waals surface area (Å²) >= 11 is 0. The summed E-state index contributed by atoms with van der Waals surface area (Å²) in [5, 5.41) is 0. The van der Waals surface area contributed by atoms with Gasteiger partial charge in [-0.15, -0.1) is 0 Å². The van der Waals surface area contributed by atoms with Crippen molar-refractivity contribution in [3.8, 4) is 0 Å². The number of rotatable bonds is 6. The number of carbonyl (C=O) groups excluding carboxylic acids is 3. The van der Waals surface area contributed by atoms with Gasteiger partial charge in [-0.25, -0.2) is 4.79 Å². The first-order valence-corrected chi connectivity index (χ1v) is 13.0. The second-order valence-corrected chi connectivity index (χ2v) is 12.5.